The van der Waals surface area contributed by atoms with Gasteiger partial charge in [-0.15, -0.1) is 0 Å². The number of amides is 2. The first-order valence-corrected chi connectivity index (χ1v) is 6.85. The van der Waals surface area contributed by atoms with E-state index in [1.165, 1.54) is 19.2 Å². The van der Waals surface area contributed by atoms with Crippen molar-refractivity contribution in [2.75, 3.05) is 26.7 Å². The monoisotopic (exact) mass is 294 g/mol. The van der Waals surface area contributed by atoms with Crippen molar-refractivity contribution in [1.82, 2.24) is 10.2 Å². The summed E-state index contributed by atoms with van der Waals surface area (Å²) in [6.07, 6.45) is 0.981. The number of carbonyl (C=O) groups is 2. The third-order valence-electron chi connectivity index (χ3n) is 3.84. The van der Waals surface area contributed by atoms with Crippen molar-refractivity contribution in [2.24, 2.45) is 0 Å². The number of ether oxygens (including phenoxy) is 1. The second kappa shape index (κ2) is 6.11. The van der Waals surface area contributed by atoms with Gasteiger partial charge in [0, 0.05) is 25.2 Å². The van der Waals surface area contributed by atoms with Crippen molar-refractivity contribution in [3.05, 3.63) is 35.6 Å². The van der Waals surface area contributed by atoms with Crippen LogP contribution in [0.1, 0.15) is 18.9 Å². The van der Waals surface area contributed by atoms with Crippen LogP contribution in [-0.2, 0) is 14.9 Å². The van der Waals surface area contributed by atoms with Crippen LogP contribution in [0.5, 0.6) is 0 Å². The van der Waals surface area contributed by atoms with Gasteiger partial charge in [-0.1, -0.05) is 18.2 Å². The zero-order chi connectivity index (χ0) is 15.5. The van der Waals surface area contributed by atoms with Crippen LogP contribution < -0.4 is 5.32 Å². The van der Waals surface area contributed by atoms with Crippen molar-refractivity contribution < 1.29 is 18.7 Å². The number of esters is 1. The van der Waals surface area contributed by atoms with E-state index in [1.54, 1.807) is 24.0 Å². The topological polar surface area (TPSA) is 58.6 Å². The molecular formula is C15H19FN2O3. The third-order valence-corrected chi connectivity index (χ3v) is 3.84. The van der Waals surface area contributed by atoms with Crippen LogP contribution in [0.25, 0.3) is 0 Å². The molecule has 1 aliphatic rings. The van der Waals surface area contributed by atoms with Gasteiger partial charge in [-0.25, -0.2) is 9.18 Å². The molecule has 1 fully saturated rings. The van der Waals surface area contributed by atoms with Gasteiger partial charge >= 0.3 is 12.0 Å². The Hall–Kier alpha value is -2.11. The Morgan fingerprint density at radius 1 is 1.38 bits per heavy atom. The second-order valence-corrected chi connectivity index (χ2v) is 5.30. The first-order chi connectivity index (χ1) is 9.99. The van der Waals surface area contributed by atoms with Crippen LogP contribution in [0.4, 0.5) is 9.18 Å². The summed E-state index contributed by atoms with van der Waals surface area (Å²) >= 11 is 0. The number of halogens is 1. The molecule has 2 amide bonds. The molecule has 1 aromatic carbocycles. The molecular weight excluding hydrogens is 275 g/mol. The molecule has 114 valence electrons. The molecule has 1 N–H and O–H groups in total. The van der Waals surface area contributed by atoms with E-state index in [0.29, 0.717) is 13.1 Å². The predicted octanol–water partition coefficient (Wildman–Crippen LogP) is 1.67. The van der Waals surface area contributed by atoms with Crippen LogP contribution in [0.15, 0.2) is 24.3 Å². The average Bonchev–Trinajstić information content (AvgIpc) is 2.42. The number of nitrogens with zero attached hydrogens (tertiary/aromatic N) is 1. The number of rotatable bonds is 4. The highest BCUT2D eigenvalue weighted by Gasteiger charge is 2.39. The molecule has 1 aromatic rings. The normalized spacial score (nSPS) is 16.6. The number of hydrogen-bond donors (Lipinski definition) is 1. The molecule has 21 heavy (non-hydrogen) atoms. The number of methoxy groups -OCH3 is 1. The summed E-state index contributed by atoms with van der Waals surface area (Å²) in [6, 6.07) is 5.77. The lowest BCUT2D eigenvalue weighted by atomic mass is 9.82. The van der Waals surface area contributed by atoms with Gasteiger partial charge in [0.2, 0.25) is 0 Å². The fraction of sp³-hybridized carbons (Fsp3) is 0.467. The van der Waals surface area contributed by atoms with Crippen molar-refractivity contribution in [2.45, 2.75) is 18.8 Å². The van der Waals surface area contributed by atoms with Crippen LogP contribution in [0, 0.1) is 5.82 Å². The summed E-state index contributed by atoms with van der Waals surface area (Å²) in [7, 11) is 1.25. The number of carbonyl (C=O) groups excluding carboxylic acids is 2. The van der Waals surface area contributed by atoms with E-state index < -0.39 is 17.2 Å². The zero-order valence-electron chi connectivity index (χ0n) is 12.2. The molecule has 2 rings (SSSR count). The highest BCUT2D eigenvalue weighted by atomic mass is 19.1. The highest BCUT2D eigenvalue weighted by molar-refractivity contribution is 5.84. The predicted molar refractivity (Wildman–Crippen MR) is 75.4 cm³/mol. The van der Waals surface area contributed by atoms with Gasteiger partial charge in [0.15, 0.2) is 0 Å². The zero-order valence-corrected chi connectivity index (χ0v) is 12.2. The maximum Gasteiger partial charge on any atom is 0.317 e. The van der Waals surface area contributed by atoms with Crippen molar-refractivity contribution in [3.63, 3.8) is 0 Å². The van der Waals surface area contributed by atoms with E-state index in [4.69, 9.17) is 4.74 Å². The molecule has 5 nitrogen and oxygen atoms in total. The summed E-state index contributed by atoms with van der Waals surface area (Å²) in [5.74, 6) is -1.08. The van der Waals surface area contributed by atoms with Gasteiger partial charge in [-0.2, -0.15) is 0 Å². The van der Waals surface area contributed by atoms with Crippen LogP contribution in [0.2, 0.25) is 0 Å². The van der Waals surface area contributed by atoms with Gasteiger partial charge < -0.3 is 15.0 Å². The SMILES string of the molecule is COC(=O)[C@@](C)(CNC(=O)N1CCC1)c1ccccc1F. The summed E-state index contributed by atoms with van der Waals surface area (Å²) in [6.45, 7) is 2.96. The molecule has 1 atom stereocenters. The Morgan fingerprint density at radius 3 is 2.57 bits per heavy atom. The lowest BCUT2D eigenvalue weighted by molar-refractivity contribution is -0.146. The Morgan fingerprint density at radius 2 is 2.05 bits per heavy atom. The minimum Gasteiger partial charge on any atom is -0.468 e. The van der Waals surface area contributed by atoms with E-state index in [0.717, 1.165) is 6.42 Å². The lowest BCUT2D eigenvalue weighted by Crippen LogP contribution is -2.52. The third kappa shape index (κ3) is 2.99. The first-order valence-electron chi connectivity index (χ1n) is 6.85. The van der Waals surface area contributed by atoms with Gasteiger partial charge in [-0.05, 0) is 19.4 Å². The fourth-order valence-electron chi connectivity index (χ4n) is 2.29. The summed E-state index contributed by atoms with van der Waals surface area (Å²) in [5.41, 5.74) is -1.05. The second-order valence-electron chi connectivity index (χ2n) is 5.30. The number of hydrogen-bond acceptors (Lipinski definition) is 3. The molecule has 6 heteroatoms. The highest BCUT2D eigenvalue weighted by Crippen LogP contribution is 2.27. The standard InChI is InChI=1S/C15H19FN2O3/c1-15(13(19)21-2,11-6-3-4-7-12(11)16)10-17-14(20)18-8-5-9-18/h3-4,6-7H,5,8-10H2,1-2H3,(H,17,20)/t15-/m0/s1. The first kappa shape index (κ1) is 15.3. The Bertz CT molecular complexity index is 545. The van der Waals surface area contributed by atoms with E-state index in [1.807, 2.05) is 0 Å². The van der Waals surface area contributed by atoms with Gasteiger partial charge in [0.25, 0.3) is 0 Å². The maximum atomic E-state index is 14.0. The smallest absolute Gasteiger partial charge is 0.317 e. The molecule has 1 aliphatic heterocycles. The minimum absolute atomic E-state index is 0.0179. The number of nitrogens with one attached hydrogen (secondary N) is 1. The molecule has 1 saturated heterocycles. The average molecular weight is 294 g/mol. The van der Waals surface area contributed by atoms with Gasteiger partial charge in [-0.3, -0.25) is 4.79 Å². The van der Waals surface area contributed by atoms with Gasteiger partial charge in [0.05, 0.1) is 7.11 Å². The van der Waals surface area contributed by atoms with Gasteiger partial charge in [0.1, 0.15) is 11.2 Å². The lowest BCUT2D eigenvalue weighted by Gasteiger charge is -2.33. The quantitative estimate of drug-likeness (QED) is 0.859. The summed E-state index contributed by atoms with van der Waals surface area (Å²) in [5, 5.41) is 2.69. The Balaban J connectivity index is 2.19. The van der Waals surface area contributed by atoms with Crippen molar-refractivity contribution >= 4 is 12.0 Å². The number of benzene rings is 1. The molecule has 0 aliphatic carbocycles. The Kier molecular flexibility index (Phi) is 4.45. The van der Waals surface area contributed by atoms with Crippen LogP contribution >= 0.6 is 0 Å². The summed E-state index contributed by atoms with van der Waals surface area (Å²) in [4.78, 5) is 25.6. The van der Waals surface area contributed by atoms with E-state index in [2.05, 4.69) is 5.32 Å². The van der Waals surface area contributed by atoms with E-state index >= 15 is 0 Å². The molecule has 0 bridgehead atoms. The molecule has 0 saturated carbocycles. The fourth-order valence-corrected chi connectivity index (χ4v) is 2.29. The van der Waals surface area contributed by atoms with E-state index in [-0.39, 0.29) is 18.1 Å². The van der Waals surface area contributed by atoms with Crippen molar-refractivity contribution in [3.8, 4) is 0 Å². The largest absolute Gasteiger partial charge is 0.468 e. The maximum absolute atomic E-state index is 14.0. The molecule has 0 radical (unpaired) electrons. The molecule has 0 aromatic heterocycles. The van der Waals surface area contributed by atoms with Crippen LogP contribution in [0.3, 0.4) is 0 Å². The molecule has 0 spiro atoms. The van der Waals surface area contributed by atoms with Crippen molar-refractivity contribution in [1.29, 1.82) is 0 Å². The van der Waals surface area contributed by atoms with E-state index in [9.17, 15) is 14.0 Å². The number of urea groups is 1. The minimum atomic E-state index is -1.26. The Labute approximate surface area is 123 Å². The van der Waals surface area contributed by atoms with Crippen LogP contribution in [-0.4, -0.2) is 43.6 Å². The number of likely N-dealkylation sites (tertiary alicyclic amines) is 1. The summed E-state index contributed by atoms with van der Waals surface area (Å²) < 4.78 is 18.8. The molecule has 1 heterocycles. The molecule has 0 unspecified atom stereocenters.